The molecule has 1 aliphatic heterocycles. The van der Waals surface area contributed by atoms with Crippen LogP contribution in [0.2, 0.25) is 0 Å². The summed E-state index contributed by atoms with van der Waals surface area (Å²) in [7, 11) is 0. The number of carbonyl (C=O) groups excluding carboxylic acids is 1. The van der Waals surface area contributed by atoms with E-state index >= 15 is 0 Å². The minimum atomic E-state index is -0.476. The van der Waals surface area contributed by atoms with Gasteiger partial charge in [0.1, 0.15) is 11.6 Å². The summed E-state index contributed by atoms with van der Waals surface area (Å²) in [6.45, 7) is 3.04. The number of nitrogens with zero attached hydrogens (tertiary/aromatic N) is 3. The van der Waals surface area contributed by atoms with Crippen molar-refractivity contribution in [1.29, 1.82) is 0 Å². The number of aryl methyl sites for hydroxylation is 1. The molecule has 0 atom stereocenters. The van der Waals surface area contributed by atoms with E-state index in [0.29, 0.717) is 36.4 Å². The molecule has 162 valence electrons. The Morgan fingerprint density at radius 2 is 2.06 bits per heavy atom. The van der Waals surface area contributed by atoms with Crippen molar-refractivity contribution < 1.29 is 14.6 Å². The van der Waals surface area contributed by atoms with Gasteiger partial charge in [0, 0.05) is 23.2 Å². The van der Waals surface area contributed by atoms with Crippen LogP contribution in [0.3, 0.4) is 0 Å². The number of nitrogens with two attached hydrogens (primary N) is 1. The second-order valence-electron chi connectivity index (χ2n) is 7.86. The summed E-state index contributed by atoms with van der Waals surface area (Å²) in [6, 6.07) is 14.4. The average molecular weight is 429 g/mol. The molecule has 2 aromatic carbocycles. The fourth-order valence-electron chi connectivity index (χ4n) is 4.16. The summed E-state index contributed by atoms with van der Waals surface area (Å²) >= 11 is 0. The monoisotopic (exact) mass is 429 g/mol. The molecule has 0 aliphatic carbocycles. The number of carbonyl (C=O) groups is 1. The molecule has 1 aliphatic rings. The number of aromatic nitrogens is 3. The SMILES string of the molecule is Cc1cc2c(C(N)=O)cccc2n1-c1nc(NCc2cccc(O)c2)c2c(n1)OCCC2. The smallest absolute Gasteiger partial charge is 0.249 e. The van der Waals surface area contributed by atoms with Crippen LogP contribution in [0.25, 0.3) is 16.9 Å². The van der Waals surface area contributed by atoms with Crippen molar-refractivity contribution in [2.75, 3.05) is 11.9 Å². The molecule has 1 amide bonds. The quantitative estimate of drug-likeness (QED) is 0.447. The highest BCUT2D eigenvalue weighted by Crippen LogP contribution is 2.32. The van der Waals surface area contributed by atoms with Crippen molar-refractivity contribution in [3.8, 4) is 17.6 Å². The van der Waals surface area contributed by atoms with E-state index < -0.39 is 5.91 Å². The molecule has 0 bridgehead atoms. The van der Waals surface area contributed by atoms with Crippen LogP contribution in [0, 0.1) is 6.92 Å². The van der Waals surface area contributed by atoms with Gasteiger partial charge in [0.2, 0.25) is 17.7 Å². The van der Waals surface area contributed by atoms with Crippen LogP contribution in [0.4, 0.5) is 5.82 Å². The summed E-state index contributed by atoms with van der Waals surface area (Å²) in [5.74, 6) is 1.46. The first-order chi connectivity index (χ1) is 15.5. The maximum Gasteiger partial charge on any atom is 0.249 e. The third kappa shape index (κ3) is 3.49. The maximum atomic E-state index is 11.9. The second kappa shape index (κ2) is 7.88. The second-order valence-corrected chi connectivity index (χ2v) is 7.86. The molecule has 0 saturated carbocycles. The van der Waals surface area contributed by atoms with Crippen LogP contribution in [-0.4, -0.2) is 32.2 Å². The van der Waals surface area contributed by atoms with E-state index in [2.05, 4.69) is 5.32 Å². The predicted octanol–water partition coefficient (Wildman–Crippen LogP) is 3.47. The number of fused-ring (bicyclic) bond motifs is 2. The van der Waals surface area contributed by atoms with Crippen LogP contribution in [-0.2, 0) is 13.0 Å². The number of rotatable bonds is 5. The molecule has 0 unspecified atom stereocenters. The van der Waals surface area contributed by atoms with E-state index in [1.807, 2.05) is 35.8 Å². The number of phenolic OH excluding ortho intramolecular Hbond substituents is 1. The van der Waals surface area contributed by atoms with Gasteiger partial charge < -0.3 is 20.9 Å². The van der Waals surface area contributed by atoms with Crippen molar-refractivity contribution in [2.45, 2.75) is 26.3 Å². The molecule has 0 radical (unpaired) electrons. The van der Waals surface area contributed by atoms with Gasteiger partial charge in [-0.15, -0.1) is 0 Å². The zero-order valence-corrected chi connectivity index (χ0v) is 17.6. The molecule has 32 heavy (non-hydrogen) atoms. The van der Waals surface area contributed by atoms with Crippen LogP contribution < -0.4 is 15.8 Å². The van der Waals surface area contributed by atoms with Crippen LogP contribution >= 0.6 is 0 Å². The largest absolute Gasteiger partial charge is 0.508 e. The summed E-state index contributed by atoms with van der Waals surface area (Å²) < 4.78 is 7.77. The number of amides is 1. The van der Waals surface area contributed by atoms with Gasteiger partial charge in [-0.05, 0) is 55.7 Å². The van der Waals surface area contributed by atoms with Crippen LogP contribution in [0.1, 0.15) is 33.6 Å². The number of ether oxygens (including phenoxy) is 1. The van der Waals surface area contributed by atoms with Crippen molar-refractivity contribution in [3.63, 3.8) is 0 Å². The highest BCUT2D eigenvalue weighted by Gasteiger charge is 2.22. The normalized spacial score (nSPS) is 12.9. The molecule has 8 heteroatoms. The Balaban J connectivity index is 1.61. The highest BCUT2D eigenvalue weighted by atomic mass is 16.5. The topological polar surface area (TPSA) is 115 Å². The van der Waals surface area contributed by atoms with Gasteiger partial charge >= 0.3 is 0 Å². The third-order valence-corrected chi connectivity index (χ3v) is 5.63. The van der Waals surface area contributed by atoms with E-state index in [1.165, 1.54) is 0 Å². The Morgan fingerprint density at radius 1 is 1.22 bits per heavy atom. The first-order valence-corrected chi connectivity index (χ1v) is 10.5. The van der Waals surface area contributed by atoms with Crippen molar-refractivity contribution in [1.82, 2.24) is 14.5 Å². The van der Waals surface area contributed by atoms with E-state index in [1.54, 1.807) is 24.3 Å². The molecule has 4 aromatic rings. The number of benzene rings is 2. The Labute approximate surface area is 184 Å². The molecule has 0 fully saturated rings. The number of anilines is 1. The summed E-state index contributed by atoms with van der Waals surface area (Å²) in [5, 5.41) is 13.9. The van der Waals surface area contributed by atoms with Crippen molar-refractivity contribution in [2.24, 2.45) is 5.73 Å². The molecule has 4 N–H and O–H groups in total. The molecule has 5 rings (SSSR count). The van der Waals surface area contributed by atoms with Gasteiger partial charge in [0.05, 0.1) is 17.7 Å². The molecule has 8 nitrogen and oxygen atoms in total. The summed E-state index contributed by atoms with van der Waals surface area (Å²) in [5.41, 5.74) is 9.58. The number of aromatic hydroxyl groups is 1. The Morgan fingerprint density at radius 3 is 2.88 bits per heavy atom. The Hall–Kier alpha value is -4.07. The van der Waals surface area contributed by atoms with E-state index in [0.717, 1.165) is 40.6 Å². The first kappa shape index (κ1) is 19.9. The van der Waals surface area contributed by atoms with Gasteiger partial charge in [-0.1, -0.05) is 18.2 Å². The summed E-state index contributed by atoms with van der Waals surface area (Å²) in [4.78, 5) is 21.4. The van der Waals surface area contributed by atoms with Gasteiger partial charge in [0.15, 0.2) is 0 Å². The van der Waals surface area contributed by atoms with Gasteiger partial charge in [-0.25, -0.2) is 0 Å². The first-order valence-electron chi connectivity index (χ1n) is 10.5. The fraction of sp³-hybridized carbons (Fsp3) is 0.208. The van der Waals surface area contributed by atoms with Gasteiger partial charge in [0.25, 0.3) is 0 Å². The van der Waals surface area contributed by atoms with Crippen LogP contribution in [0.15, 0.2) is 48.5 Å². The molecule has 3 heterocycles. The molecule has 2 aromatic heterocycles. The minimum Gasteiger partial charge on any atom is -0.508 e. The Kier molecular flexibility index (Phi) is 4.89. The van der Waals surface area contributed by atoms with Crippen LogP contribution in [0.5, 0.6) is 11.6 Å². The lowest BCUT2D eigenvalue weighted by Gasteiger charge is -2.21. The Bertz CT molecular complexity index is 1350. The molecule has 0 spiro atoms. The predicted molar refractivity (Wildman–Crippen MR) is 121 cm³/mol. The maximum absolute atomic E-state index is 11.9. The van der Waals surface area contributed by atoms with Crippen molar-refractivity contribution in [3.05, 3.63) is 70.9 Å². The number of primary amides is 1. The number of hydrogen-bond donors (Lipinski definition) is 3. The standard InChI is InChI=1S/C24H23N5O3/c1-14-11-19-17(21(25)31)7-3-9-20(19)29(14)24-27-22(18-8-4-10-32-23(18)28-24)26-13-15-5-2-6-16(30)12-15/h2-3,5-7,9,11-12,30H,4,8,10,13H2,1H3,(H2,25,31)(H,26,27,28). The number of nitrogens with one attached hydrogen (secondary N) is 1. The zero-order valence-electron chi connectivity index (χ0n) is 17.6. The van der Waals surface area contributed by atoms with Gasteiger partial charge in [-0.3, -0.25) is 9.36 Å². The van der Waals surface area contributed by atoms with E-state index in [4.69, 9.17) is 20.4 Å². The van der Waals surface area contributed by atoms with E-state index in [-0.39, 0.29) is 5.75 Å². The number of phenols is 1. The lowest BCUT2D eigenvalue weighted by atomic mass is 10.1. The highest BCUT2D eigenvalue weighted by molar-refractivity contribution is 6.06. The van der Waals surface area contributed by atoms with Gasteiger partial charge in [-0.2, -0.15) is 9.97 Å². The third-order valence-electron chi connectivity index (χ3n) is 5.63. The molecular weight excluding hydrogens is 406 g/mol. The van der Waals surface area contributed by atoms with Crippen molar-refractivity contribution >= 4 is 22.6 Å². The fourth-order valence-corrected chi connectivity index (χ4v) is 4.16. The minimum absolute atomic E-state index is 0.220. The number of hydrogen-bond acceptors (Lipinski definition) is 6. The molecular formula is C24H23N5O3. The van der Waals surface area contributed by atoms with E-state index in [9.17, 15) is 9.90 Å². The zero-order chi connectivity index (χ0) is 22.2. The molecule has 0 saturated heterocycles. The lowest BCUT2D eigenvalue weighted by Crippen LogP contribution is -2.17. The average Bonchev–Trinajstić information content (AvgIpc) is 3.13. The summed E-state index contributed by atoms with van der Waals surface area (Å²) in [6.07, 6.45) is 1.71. The lowest BCUT2D eigenvalue weighted by molar-refractivity contribution is 0.100.